The summed E-state index contributed by atoms with van der Waals surface area (Å²) in [6.45, 7) is 2.72. The van der Waals surface area contributed by atoms with Crippen molar-refractivity contribution in [2.75, 3.05) is 18.4 Å². The van der Waals surface area contributed by atoms with E-state index in [-0.39, 0.29) is 5.91 Å². The third-order valence-corrected chi connectivity index (χ3v) is 5.25. The van der Waals surface area contributed by atoms with Crippen LogP contribution in [0.5, 0.6) is 0 Å². The Morgan fingerprint density at radius 1 is 1.04 bits per heavy atom. The number of anilines is 1. The van der Waals surface area contributed by atoms with Gasteiger partial charge in [0.2, 0.25) is 5.89 Å². The van der Waals surface area contributed by atoms with Gasteiger partial charge in [-0.3, -0.25) is 9.69 Å². The van der Waals surface area contributed by atoms with Crippen molar-refractivity contribution in [2.24, 2.45) is 5.92 Å². The maximum Gasteiger partial charge on any atom is 0.277 e. The average molecular weight is 375 g/mol. The minimum atomic E-state index is -0.247. The second kappa shape index (κ2) is 8.85. The van der Waals surface area contributed by atoms with Gasteiger partial charge in [-0.1, -0.05) is 48.5 Å². The zero-order valence-corrected chi connectivity index (χ0v) is 15.9. The molecule has 1 aliphatic rings. The predicted octanol–water partition coefficient (Wildman–Crippen LogP) is 4.38. The van der Waals surface area contributed by atoms with Gasteiger partial charge in [0.15, 0.2) is 5.69 Å². The van der Waals surface area contributed by atoms with Crippen LogP contribution in [0.15, 0.2) is 71.3 Å². The molecule has 0 unspecified atom stereocenters. The van der Waals surface area contributed by atoms with Crippen molar-refractivity contribution in [3.63, 3.8) is 0 Å². The van der Waals surface area contributed by atoms with E-state index in [0.29, 0.717) is 18.1 Å². The molecule has 1 amide bonds. The molecule has 0 spiro atoms. The van der Waals surface area contributed by atoms with Crippen LogP contribution in [-0.4, -0.2) is 28.9 Å². The largest absolute Gasteiger partial charge is 0.447 e. The van der Waals surface area contributed by atoms with E-state index in [1.165, 1.54) is 24.7 Å². The highest BCUT2D eigenvalue weighted by Crippen LogP contribution is 2.22. The molecule has 3 aromatic rings. The van der Waals surface area contributed by atoms with Crippen LogP contribution >= 0.6 is 0 Å². The van der Waals surface area contributed by atoms with Crippen molar-refractivity contribution < 1.29 is 9.21 Å². The lowest BCUT2D eigenvalue weighted by Crippen LogP contribution is -2.34. The van der Waals surface area contributed by atoms with E-state index in [1.807, 2.05) is 30.3 Å². The Bertz CT molecular complexity index is 884. The predicted molar refractivity (Wildman–Crippen MR) is 109 cm³/mol. The van der Waals surface area contributed by atoms with Crippen LogP contribution in [0.3, 0.4) is 0 Å². The molecule has 1 fully saturated rings. The first-order valence-electron chi connectivity index (χ1n) is 9.83. The Labute approximate surface area is 165 Å². The smallest absolute Gasteiger partial charge is 0.277 e. The van der Waals surface area contributed by atoms with Crippen molar-refractivity contribution in [3.05, 3.63) is 84.1 Å². The molecule has 1 saturated heterocycles. The molecule has 0 atom stereocenters. The highest BCUT2D eigenvalue weighted by Gasteiger charge is 2.21. The number of amides is 1. The van der Waals surface area contributed by atoms with E-state index in [0.717, 1.165) is 31.1 Å². The average Bonchev–Trinajstić information content (AvgIpc) is 3.20. The Morgan fingerprint density at radius 3 is 2.43 bits per heavy atom. The lowest BCUT2D eigenvalue weighted by atomic mass is 9.90. The third kappa shape index (κ3) is 4.87. The van der Waals surface area contributed by atoms with Crippen LogP contribution in [0, 0.1) is 5.92 Å². The van der Waals surface area contributed by atoms with Crippen LogP contribution in [0.2, 0.25) is 0 Å². The Kier molecular flexibility index (Phi) is 5.83. The summed E-state index contributed by atoms with van der Waals surface area (Å²) in [6.07, 6.45) is 4.95. The minimum Gasteiger partial charge on any atom is -0.447 e. The summed E-state index contributed by atoms with van der Waals surface area (Å²) in [5.74, 6) is 1.08. The van der Waals surface area contributed by atoms with Crippen molar-refractivity contribution in [2.45, 2.75) is 25.8 Å². The van der Waals surface area contributed by atoms with E-state index in [2.05, 4.69) is 45.5 Å². The summed E-state index contributed by atoms with van der Waals surface area (Å²) in [5.41, 5.74) is 2.48. The molecule has 0 saturated carbocycles. The SMILES string of the molecule is O=C(Nc1ccccc1)c1coc(CN2CCC(Cc3ccccc3)CC2)n1. The quantitative estimate of drug-likeness (QED) is 0.695. The first kappa shape index (κ1) is 18.4. The number of likely N-dealkylation sites (tertiary alicyclic amines) is 1. The molecule has 2 heterocycles. The molecular formula is C23H25N3O2. The van der Waals surface area contributed by atoms with Gasteiger partial charge in [-0.25, -0.2) is 4.98 Å². The monoisotopic (exact) mass is 375 g/mol. The topological polar surface area (TPSA) is 58.4 Å². The number of oxazole rings is 1. The van der Waals surface area contributed by atoms with Gasteiger partial charge in [0, 0.05) is 5.69 Å². The second-order valence-corrected chi connectivity index (χ2v) is 7.36. The molecule has 1 aromatic heterocycles. The Morgan fingerprint density at radius 2 is 1.71 bits per heavy atom. The van der Waals surface area contributed by atoms with Gasteiger partial charge >= 0.3 is 0 Å². The number of hydrogen-bond donors (Lipinski definition) is 1. The normalized spacial score (nSPS) is 15.4. The summed E-state index contributed by atoms with van der Waals surface area (Å²) in [7, 11) is 0. The second-order valence-electron chi connectivity index (χ2n) is 7.36. The number of benzene rings is 2. The fourth-order valence-electron chi connectivity index (χ4n) is 3.69. The lowest BCUT2D eigenvalue weighted by molar-refractivity contribution is 0.102. The van der Waals surface area contributed by atoms with Gasteiger partial charge in [0.1, 0.15) is 6.26 Å². The van der Waals surface area contributed by atoms with Crippen LogP contribution < -0.4 is 5.32 Å². The van der Waals surface area contributed by atoms with Gasteiger partial charge in [-0.05, 0) is 56.0 Å². The summed E-state index contributed by atoms with van der Waals surface area (Å²) in [4.78, 5) is 19.0. The highest BCUT2D eigenvalue weighted by molar-refractivity contribution is 6.02. The Balaban J connectivity index is 1.26. The van der Waals surface area contributed by atoms with Crippen molar-refractivity contribution >= 4 is 11.6 Å². The molecule has 4 rings (SSSR count). The highest BCUT2D eigenvalue weighted by atomic mass is 16.3. The fourth-order valence-corrected chi connectivity index (χ4v) is 3.69. The van der Waals surface area contributed by atoms with Gasteiger partial charge in [-0.15, -0.1) is 0 Å². The summed E-state index contributed by atoms with van der Waals surface area (Å²) in [6, 6.07) is 20.1. The number of nitrogens with zero attached hydrogens (tertiary/aromatic N) is 2. The molecular weight excluding hydrogens is 350 g/mol. The van der Waals surface area contributed by atoms with Gasteiger partial charge in [0.25, 0.3) is 5.91 Å². The van der Waals surface area contributed by atoms with E-state index in [9.17, 15) is 4.79 Å². The number of piperidine rings is 1. The van der Waals surface area contributed by atoms with Crippen LogP contribution in [0.1, 0.15) is 34.8 Å². The zero-order valence-electron chi connectivity index (χ0n) is 15.9. The molecule has 1 N–H and O–H groups in total. The number of carbonyl (C=O) groups excluding carboxylic acids is 1. The van der Waals surface area contributed by atoms with Gasteiger partial charge < -0.3 is 9.73 Å². The van der Waals surface area contributed by atoms with Crippen molar-refractivity contribution in [3.8, 4) is 0 Å². The van der Waals surface area contributed by atoms with Crippen LogP contribution in [-0.2, 0) is 13.0 Å². The van der Waals surface area contributed by atoms with E-state index >= 15 is 0 Å². The van der Waals surface area contributed by atoms with Crippen molar-refractivity contribution in [1.29, 1.82) is 0 Å². The number of aromatic nitrogens is 1. The summed E-state index contributed by atoms with van der Waals surface area (Å²) in [5, 5.41) is 2.83. The Hall–Kier alpha value is -2.92. The number of para-hydroxylation sites is 1. The number of carbonyl (C=O) groups is 1. The first-order chi connectivity index (χ1) is 13.8. The third-order valence-electron chi connectivity index (χ3n) is 5.25. The van der Waals surface area contributed by atoms with E-state index < -0.39 is 0 Å². The lowest BCUT2D eigenvalue weighted by Gasteiger charge is -2.31. The van der Waals surface area contributed by atoms with Gasteiger partial charge in [0.05, 0.1) is 6.54 Å². The summed E-state index contributed by atoms with van der Waals surface area (Å²) >= 11 is 0. The van der Waals surface area contributed by atoms with Crippen LogP contribution in [0.4, 0.5) is 5.69 Å². The zero-order chi connectivity index (χ0) is 19.2. The number of rotatable bonds is 6. The van der Waals surface area contributed by atoms with Crippen molar-refractivity contribution in [1.82, 2.24) is 9.88 Å². The standard InChI is InChI=1S/C23H25N3O2/c27-23(24-20-9-5-2-6-10-20)21-17-28-22(25-21)16-26-13-11-19(12-14-26)15-18-7-3-1-4-8-18/h1-10,17,19H,11-16H2,(H,24,27). The molecule has 5 heteroatoms. The minimum absolute atomic E-state index is 0.247. The van der Waals surface area contributed by atoms with E-state index in [1.54, 1.807) is 0 Å². The number of hydrogen-bond acceptors (Lipinski definition) is 4. The maximum atomic E-state index is 12.3. The van der Waals surface area contributed by atoms with Gasteiger partial charge in [-0.2, -0.15) is 0 Å². The molecule has 144 valence electrons. The van der Waals surface area contributed by atoms with E-state index in [4.69, 9.17) is 4.42 Å². The molecule has 2 aromatic carbocycles. The number of nitrogens with one attached hydrogen (secondary N) is 1. The summed E-state index contributed by atoms with van der Waals surface area (Å²) < 4.78 is 5.54. The molecule has 5 nitrogen and oxygen atoms in total. The molecule has 0 radical (unpaired) electrons. The first-order valence-corrected chi connectivity index (χ1v) is 9.83. The maximum absolute atomic E-state index is 12.3. The molecule has 1 aliphatic heterocycles. The van der Waals surface area contributed by atoms with Crippen LogP contribution in [0.25, 0.3) is 0 Å². The molecule has 0 aliphatic carbocycles. The fraction of sp³-hybridized carbons (Fsp3) is 0.304. The molecule has 0 bridgehead atoms. The molecule has 28 heavy (non-hydrogen) atoms.